The molecule has 182 valence electrons. The molecule has 0 spiro atoms. The van der Waals surface area contributed by atoms with Crippen molar-refractivity contribution in [2.45, 2.75) is 38.9 Å². The van der Waals surface area contributed by atoms with Gasteiger partial charge in [0, 0.05) is 32.2 Å². The molecular formula is C23H24BrF3N4O3. The summed E-state index contributed by atoms with van der Waals surface area (Å²) >= 11 is 3.60. The standard InChI is InChI=1S/C23H24BrF3N4O3/c1-4-33-12-34-18-10-14(23(25,26)27)9-13(2)20(18)17-7-6-16-21(24)31(29-22(16)28-17)15-5-8-19(32)30(3)11-15/h6-7,9-10,15H,4-5,8,11-12H2,1-3H3. The molecule has 1 saturated heterocycles. The first-order valence-electron chi connectivity index (χ1n) is 10.8. The Kier molecular flexibility index (Phi) is 6.86. The zero-order valence-electron chi connectivity index (χ0n) is 18.9. The van der Waals surface area contributed by atoms with Crippen molar-refractivity contribution < 1.29 is 27.4 Å². The molecule has 4 rings (SSSR count). The zero-order chi connectivity index (χ0) is 24.6. The van der Waals surface area contributed by atoms with Gasteiger partial charge in [0.2, 0.25) is 5.91 Å². The molecule has 1 aliphatic rings. The van der Waals surface area contributed by atoms with Crippen LogP contribution in [0, 0.1) is 6.92 Å². The highest BCUT2D eigenvalue weighted by Gasteiger charge is 2.33. The van der Waals surface area contributed by atoms with E-state index in [1.54, 1.807) is 31.9 Å². The predicted octanol–water partition coefficient (Wildman–Crippen LogP) is 5.35. The summed E-state index contributed by atoms with van der Waals surface area (Å²) in [7, 11) is 1.76. The normalized spacial score (nSPS) is 17.0. The van der Waals surface area contributed by atoms with Crippen molar-refractivity contribution in [3.05, 3.63) is 40.0 Å². The van der Waals surface area contributed by atoms with Crippen molar-refractivity contribution in [2.75, 3.05) is 27.0 Å². The molecule has 0 N–H and O–H groups in total. The number of carbonyl (C=O) groups is 1. The zero-order valence-corrected chi connectivity index (χ0v) is 20.5. The van der Waals surface area contributed by atoms with E-state index < -0.39 is 11.7 Å². The Morgan fingerprint density at radius 1 is 1.26 bits per heavy atom. The van der Waals surface area contributed by atoms with E-state index in [-0.39, 0.29) is 24.5 Å². The lowest BCUT2D eigenvalue weighted by atomic mass is 10.00. The molecule has 1 aromatic carbocycles. The molecule has 7 nitrogen and oxygen atoms in total. The lowest BCUT2D eigenvalue weighted by molar-refractivity contribution is -0.137. The highest BCUT2D eigenvalue weighted by Crippen LogP contribution is 2.40. The lowest BCUT2D eigenvalue weighted by Gasteiger charge is -2.30. The minimum atomic E-state index is -4.51. The molecule has 11 heteroatoms. The maximum absolute atomic E-state index is 13.4. The number of alkyl halides is 3. The Balaban J connectivity index is 1.76. The van der Waals surface area contributed by atoms with E-state index in [2.05, 4.69) is 26.0 Å². The third-order valence-electron chi connectivity index (χ3n) is 5.83. The summed E-state index contributed by atoms with van der Waals surface area (Å²) in [6.45, 7) is 4.08. The molecular weight excluding hydrogens is 517 g/mol. The first-order chi connectivity index (χ1) is 16.1. The molecule has 0 bridgehead atoms. The number of carbonyl (C=O) groups excluding carboxylic acids is 1. The number of aromatic nitrogens is 3. The molecule has 0 saturated carbocycles. The van der Waals surface area contributed by atoms with Crippen molar-refractivity contribution in [1.29, 1.82) is 0 Å². The van der Waals surface area contributed by atoms with Crippen molar-refractivity contribution >= 4 is 32.9 Å². The number of hydrogen-bond donors (Lipinski definition) is 0. The van der Waals surface area contributed by atoms with Crippen molar-refractivity contribution in [3.8, 4) is 17.0 Å². The summed E-state index contributed by atoms with van der Waals surface area (Å²) in [5.74, 6) is 0.139. The molecule has 3 aromatic rings. The van der Waals surface area contributed by atoms with E-state index in [1.165, 1.54) is 0 Å². The number of likely N-dealkylation sites (tertiary alicyclic amines) is 1. The SMILES string of the molecule is CCOCOc1cc(C(F)(F)F)cc(C)c1-c1ccc2c(Br)n(C3CCC(=O)N(C)C3)nc2n1. The number of piperidine rings is 1. The summed E-state index contributed by atoms with van der Waals surface area (Å²) in [4.78, 5) is 18.2. The van der Waals surface area contributed by atoms with Crippen LogP contribution in [0.1, 0.15) is 36.9 Å². The van der Waals surface area contributed by atoms with E-state index in [4.69, 9.17) is 9.47 Å². The summed E-state index contributed by atoms with van der Waals surface area (Å²) in [6.07, 6.45) is -3.41. The van der Waals surface area contributed by atoms with Gasteiger partial charge in [0.25, 0.3) is 0 Å². The topological polar surface area (TPSA) is 69.5 Å². The number of rotatable bonds is 6. The Bertz CT molecular complexity index is 1230. The molecule has 0 aliphatic carbocycles. The lowest BCUT2D eigenvalue weighted by Crippen LogP contribution is -2.38. The number of pyridine rings is 1. The van der Waals surface area contributed by atoms with Crippen LogP contribution in [-0.2, 0) is 15.7 Å². The highest BCUT2D eigenvalue weighted by atomic mass is 79.9. The fourth-order valence-electron chi connectivity index (χ4n) is 4.08. The number of fused-ring (bicyclic) bond motifs is 1. The smallest absolute Gasteiger partial charge is 0.416 e. The number of halogens is 4. The van der Waals surface area contributed by atoms with Crippen LogP contribution >= 0.6 is 15.9 Å². The molecule has 1 amide bonds. The van der Waals surface area contributed by atoms with E-state index >= 15 is 0 Å². The fourth-order valence-corrected chi connectivity index (χ4v) is 4.75. The largest absolute Gasteiger partial charge is 0.467 e. The fraction of sp³-hybridized carbons (Fsp3) is 0.435. The van der Waals surface area contributed by atoms with Crippen LogP contribution in [-0.4, -0.2) is 52.6 Å². The Labute approximate surface area is 203 Å². The predicted molar refractivity (Wildman–Crippen MR) is 123 cm³/mol. The number of amides is 1. The van der Waals surface area contributed by atoms with Crippen LogP contribution in [0.5, 0.6) is 5.75 Å². The third kappa shape index (κ3) is 4.76. The minimum Gasteiger partial charge on any atom is -0.467 e. The molecule has 2 aromatic heterocycles. The van der Waals surface area contributed by atoms with E-state index in [0.717, 1.165) is 22.1 Å². The highest BCUT2D eigenvalue weighted by molar-refractivity contribution is 9.10. The summed E-state index contributed by atoms with van der Waals surface area (Å²) in [5, 5.41) is 5.42. The third-order valence-corrected chi connectivity index (χ3v) is 6.62. The Hall–Kier alpha value is -2.66. The minimum absolute atomic E-state index is 0.00684. The first-order valence-corrected chi connectivity index (χ1v) is 11.6. The van der Waals surface area contributed by atoms with Crippen LogP contribution in [0.15, 0.2) is 28.9 Å². The van der Waals surface area contributed by atoms with Crippen LogP contribution in [0.25, 0.3) is 22.3 Å². The van der Waals surface area contributed by atoms with Crippen molar-refractivity contribution in [1.82, 2.24) is 19.7 Å². The Morgan fingerprint density at radius 3 is 2.71 bits per heavy atom. The van der Waals surface area contributed by atoms with Crippen LogP contribution < -0.4 is 4.74 Å². The molecule has 1 atom stereocenters. The van der Waals surface area contributed by atoms with Crippen molar-refractivity contribution in [2.24, 2.45) is 0 Å². The van der Waals surface area contributed by atoms with Gasteiger partial charge in [0.1, 0.15) is 10.4 Å². The summed E-state index contributed by atoms with van der Waals surface area (Å²) < 4.78 is 53.6. The average Bonchev–Trinajstić information content (AvgIpc) is 3.10. The number of benzene rings is 1. The number of ether oxygens (including phenoxy) is 2. The van der Waals surface area contributed by atoms with Gasteiger partial charge in [-0.25, -0.2) is 4.98 Å². The molecule has 1 aliphatic heterocycles. The van der Waals surface area contributed by atoms with Gasteiger partial charge >= 0.3 is 6.18 Å². The quantitative estimate of drug-likeness (QED) is 0.311. The van der Waals surface area contributed by atoms with Gasteiger partial charge in [-0.2, -0.15) is 18.3 Å². The summed E-state index contributed by atoms with van der Waals surface area (Å²) in [5.41, 5.74) is 0.906. The van der Waals surface area contributed by atoms with Gasteiger partial charge < -0.3 is 14.4 Å². The number of hydrogen-bond acceptors (Lipinski definition) is 5. The van der Waals surface area contributed by atoms with Crippen LogP contribution in [0.4, 0.5) is 13.2 Å². The second kappa shape index (κ2) is 9.53. The second-order valence-corrected chi connectivity index (χ2v) is 8.94. The van der Waals surface area contributed by atoms with Gasteiger partial charge in [-0.3, -0.25) is 9.48 Å². The number of aryl methyl sites for hydroxylation is 1. The monoisotopic (exact) mass is 540 g/mol. The van der Waals surface area contributed by atoms with Gasteiger partial charge in [0.05, 0.1) is 22.7 Å². The van der Waals surface area contributed by atoms with E-state index in [0.29, 0.717) is 48.5 Å². The van der Waals surface area contributed by atoms with Crippen molar-refractivity contribution in [3.63, 3.8) is 0 Å². The molecule has 1 fully saturated rings. The molecule has 3 heterocycles. The Morgan fingerprint density at radius 2 is 2.03 bits per heavy atom. The molecule has 1 unspecified atom stereocenters. The maximum atomic E-state index is 13.4. The van der Waals surface area contributed by atoms with Gasteiger partial charge in [-0.05, 0) is 66.0 Å². The molecule has 34 heavy (non-hydrogen) atoms. The van der Waals surface area contributed by atoms with Gasteiger partial charge in [-0.1, -0.05) is 0 Å². The summed E-state index contributed by atoms with van der Waals surface area (Å²) in [6, 6.07) is 5.60. The van der Waals surface area contributed by atoms with Crippen LogP contribution in [0.3, 0.4) is 0 Å². The average molecular weight is 541 g/mol. The number of likely N-dealkylation sites (N-methyl/N-ethyl adjacent to an activating group) is 1. The number of nitrogens with zero attached hydrogens (tertiary/aromatic N) is 4. The second-order valence-electron chi connectivity index (χ2n) is 8.19. The van der Waals surface area contributed by atoms with Gasteiger partial charge in [-0.15, -0.1) is 0 Å². The van der Waals surface area contributed by atoms with Gasteiger partial charge in [0.15, 0.2) is 12.4 Å². The first kappa shape index (κ1) is 24.5. The molecule has 0 radical (unpaired) electrons. The van der Waals surface area contributed by atoms with E-state index in [9.17, 15) is 18.0 Å². The maximum Gasteiger partial charge on any atom is 0.416 e. The van der Waals surface area contributed by atoms with E-state index in [1.807, 2.05) is 10.7 Å². The van der Waals surface area contributed by atoms with Crippen LogP contribution in [0.2, 0.25) is 0 Å².